The van der Waals surface area contributed by atoms with Gasteiger partial charge in [0.1, 0.15) is 5.82 Å². The number of hydrazine groups is 1. The molecule has 2 amide bonds. The fraction of sp³-hybridized carbons (Fsp3) is 0.320. The number of halogens is 3. The Hall–Kier alpha value is -4.22. The van der Waals surface area contributed by atoms with Crippen molar-refractivity contribution in [1.29, 1.82) is 0 Å². The first-order valence-electron chi connectivity index (χ1n) is 11.7. The van der Waals surface area contributed by atoms with E-state index in [2.05, 4.69) is 15.1 Å². The maximum atomic E-state index is 13.9. The van der Waals surface area contributed by atoms with Crippen molar-refractivity contribution in [3.05, 3.63) is 59.5 Å². The molecule has 12 heteroatoms. The Labute approximate surface area is 208 Å². The Kier molecular flexibility index (Phi) is 4.95. The molecule has 2 aliphatic rings. The lowest BCUT2D eigenvalue weighted by atomic mass is 10.1. The van der Waals surface area contributed by atoms with Crippen LogP contribution in [-0.2, 0) is 24.6 Å². The summed E-state index contributed by atoms with van der Waals surface area (Å²) < 4.78 is 40.7. The third-order valence-corrected chi connectivity index (χ3v) is 7.20. The minimum atomic E-state index is -4.52. The number of nitrogen functional groups attached to an aromatic ring is 1. The van der Waals surface area contributed by atoms with Crippen LogP contribution in [0.2, 0.25) is 0 Å². The molecular formula is C25H22F3N7O2. The second kappa shape index (κ2) is 7.89. The third kappa shape index (κ3) is 3.92. The molecule has 1 saturated heterocycles. The Morgan fingerprint density at radius 3 is 2.59 bits per heavy atom. The lowest BCUT2D eigenvalue weighted by molar-refractivity contribution is -0.140. The van der Waals surface area contributed by atoms with E-state index in [1.165, 1.54) is 16.1 Å². The largest absolute Gasteiger partial charge is 0.417 e. The average Bonchev–Trinajstić information content (AvgIpc) is 3.36. The predicted octanol–water partition coefficient (Wildman–Crippen LogP) is 3.69. The molecule has 4 heterocycles. The average molecular weight is 509 g/mol. The van der Waals surface area contributed by atoms with Crippen molar-refractivity contribution in [2.45, 2.75) is 32.0 Å². The van der Waals surface area contributed by atoms with E-state index < -0.39 is 17.6 Å². The van der Waals surface area contributed by atoms with Gasteiger partial charge in [-0.25, -0.2) is 9.99 Å². The van der Waals surface area contributed by atoms with Crippen LogP contribution < -0.4 is 5.73 Å². The number of nitrogens with two attached hydrogens (primary N) is 1. The van der Waals surface area contributed by atoms with E-state index in [0.29, 0.717) is 40.6 Å². The molecule has 37 heavy (non-hydrogen) atoms. The Balaban J connectivity index is 1.40. The highest BCUT2D eigenvalue weighted by Gasteiger charge is 2.53. The van der Waals surface area contributed by atoms with Crippen molar-refractivity contribution in [1.82, 2.24) is 29.8 Å². The van der Waals surface area contributed by atoms with Crippen molar-refractivity contribution < 1.29 is 22.8 Å². The molecule has 1 aliphatic carbocycles. The van der Waals surface area contributed by atoms with Gasteiger partial charge in [0, 0.05) is 37.2 Å². The molecule has 0 bridgehead atoms. The van der Waals surface area contributed by atoms with Crippen LogP contribution in [0.4, 0.5) is 19.0 Å². The third-order valence-electron chi connectivity index (χ3n) is 7.20. The monoisotopic (exact) mass is 509 g/mol. The van der Waals surface area contributed by atoms with E-state index in [4.69, 9.17) is 5.73 Å². The van der Waals surface area contributed by atoms with E-state index in [9.17, 15) is 22.8 Å². The van der Waals surface area contributed by atoms with Gasteiger partial charge in [-0.05, 0) is 48.6 Å². The molecule has 0 atom stereocenters. The second-order valence-electron chi connectivity index (χ2n) is 9.79. The molecule has 9 nitrogen and oxygen atoms in total. The fourth-order valence-electron chi connectivity index (χ4n) is 4.95. The van der Waals surface area contributed by atoms with Gasteiger partial charge in [-0.2, -0.15) is 18.3 Å². The topological polar surface area (TPSA) is 110 Å². The molecule has 3 aromatic heterocycles. The zero-order valence-electron chi connectivity index (χ0n) is 19.8. The van der Waals surface area contributed by atoms with E-state index in [-0.39, 0.29) is 29.1 Å². The summed E-state index contributed by atoms with van der Waals surface area (Å²) in [5.41, 5.74) is 6.87. The van der Waals surface area contributed by atoms with Crippen LogP contribution in [0.3, 0.4) is 0 Å². The van der Waals surface area contributed by atoms with Gasteiger partial charge < -0.3 is 5.73 Å². The van der Waals surface area contributed by atoms with Crippen LogP contribution in [0.25, 0.3) is 21.8 Å². The molecule has 2 N–H and O–H groups in total. The first-order valence-corrected chi connectivity index (χ1v) is 11.7. The summed E-state index contributed by atoms with van der Waals surface area (Å²) in [4.78, 5) is 35.1. The molecule has 1 saturated carbocycles. The molecule has 0 radical (unpaired) electrons. The van der Waals surface area contributed by atoms with Crippen molar-refractivity contribution in [3.63, 3.8) is 0 Å². The van der Waals surface area contributed by atoms with Crippen LogP contribution in [0, 0.1) is 5.41 Å². The lowest BCUT2D eigenvalue weighted by Crippen LogP contribution is -2.47. The number of carbonyl (C=O) groups is 2. The summed E-state index contributed by atoms with van der Waals surface area (Å²) in [6.07, 6.45) is -0.0456. The number of alkyl halides is 3. The number of aryl methyl sites for hydroxylation is 1. The van der Waals surface area contributed by atoms with Crippen molar-refractivity contribution in [3.8, 4) is 0 Å². The first-order chi connectivity index (χ1) is 17.5. The van der Waals surface area contributed by atoms with Crippen molar-refractivity contribution >= 4 is 39.4 Å². The van der Waals surface area contributed by atoms with E-state index in [0.717, 1.165) is 25.1 Å². The summed E-state index contributed by atoms with van der Waals surface area (Å²) in [7, 11) is 1.76. The molecule has 2 fully saturated rings. The van der Waals surface area contributed by atoms with Crippen LogP contribution in [0.5, 0.6) is 0 Å². The van der Waals surface area contributed by atoms with Gasteiger partial charge in [0.2, 0.25) is 5.91 Å². The number of pyridine rings is 2. The number of aromatic nitrogens is 4. The standard InChI is InChI=1S/C25H22F3N7O2/c1-33-21-17-8-14(2-5-19(17)32-22(29)18(21)11-31-33)23(37)34(35-13-24(6-7-24)9-20(35)36)12-16-4-3-15(10-30-16)25(26,27)28/h2-5,8,10-11H,6-7,9,12-13H2,1H3,(H2,29,32). The normalized spacial score (nSPS) is 16.8. The van der Waals surface area contributed by atoms with Crippen LogP contribution in [0.1, 0.15) is 40.9 Å². The Bertz CT molecular complexity index is 1580. The van der Waals surface area contributed by atoms with Gasteiger partial charge in [-0.3, -0.25) is 24.3 Å². The highest BCUT2D eigenvalue weighted by Crippen LogP contribution is 2.53. The van der Waals surface area contributed by atoms with E-state index in [1.807, 2.05) is 0 Å². The van der Waals surface area contributed by atoms with E-state index in [1.54, 1.807) is 36.1 Å². The molecule has 0 unspecified atom stereocenters. The number of anilines is 1. The smallest absolute Gasteiger partial charge is 0.383 e. The van der Waals surface area contributed by atoms with Crippen molar-refractivity contribution in [2.24, 2.45) is 12.5 Å². The molecular weight excluding hydrogens is 487 g/mol. The van der Waals surface area contributed by atoms with Gasteiger partial charge in [-0.1, -0.05) is 0 Å². The van der Waals surface area contributed by atoms with Crippen LogP contribution >= 0.6 is 0 Å². The molecule has 4 aromatic rings. The molecule has 6 rings (SSSR count). The summed E-state index contributed by atoms with van der Waals surface area (Å²) in [5, 5.41) is 8.27. The fourth-order valence-corrected chi connectivity index (χ4v) is 4.95. The number of rotatable bonds is 4. The quantitative estimate of drug-likeness (QED) is 0.449. The zero-order chi connectivity index (χ0) is 26.1. The summed E-state index contributed by atoms with van der Waals surface area (Å²) in [5.74, 6) is -0.342. The number of hydrogen-bond donors (Lipinski definition) is 1. The second-order valence-corrected chi connectivity index (χ2v) is 9.79. The Morgan fingerprint density at radius 1 is 1.16 bits per heavy atom. The molecule has 190 valence electrons. The predicted molar refractivity (Wildman–Crippen MR) is 128 cm³/mol. The summed E-state index contributed by atoms with van der Waals surface area (Å²) >= 11 is 0. The maximum Gasteiger partial charge on any atom is 0.417 e. The van der Waals surface area contributed by atoms with E-state index >= 15 is 0 Å². The minimum Gasteiger partial charge on any atom is -0.383 e. The SMILES string of the molecule is Cn1ncc2c(N)nc3ccc(C(=O)N(Cc4ccc(C(F)(F)F)cn4)N4CC5(CC5)CC4=O)cc3c21. The van der Waals surface area contributed by atoms with Gasteiger partial charge in [-0.15, -0.1) is 0 Å². The Morgan fingerprint density at radius 2 is 1.95 bits per heavy atom. The first kappa shape index (κ1) is 23.2. The molecule has 1 aromatic carbocycles. The van der Waals surface area contributed by atoms with Crippen LogP contribution in [-0.4, -0.2) is 48.1 Å². The van der Waals surface area contributed by atoms with Crippen molar-refractivity contribution in [2.75, 3.05) is 12.3 Å². The summed E-state index contributed by atoms with van der Waals surface area (Å²) in [6, 6.07) is 7.09. The molecule has 1 aliphatic heterocycles. The lowest BCUT2D eigenvalue weighted by Gasteiger charge is -2.32. The van der Waals surface area contributed by atoms with Gasteiger partial charge in [0.15, 0.2) is 0 Å². The highest BCUT2D eigenvalue weighted by atomic mass is 19.4. The van der Waals surface area contributed by atoms with Gasteiger partial charge >= 0.3 is 6.18 Å². The van der Waals surface area contributed by atoms with Crippen LogP contribution in [0.15, 0.2) is 42.7 Å². The number of benzene rings is 1. The number of fused-ring (bicyclic) bond motifs is 3. The van der Waals surface area contributed by atoms with Gasteiger partial charge in [0.05, 0.1) is 40.4 Å². The maximum absolute atomic E-state index is 13.9. The number of carbonyl (C=O) groups excluding carboxylic acids is 2. The zero-order valence-corrected chi connectivity index (χ0v) is 19.8. The minimum absolute atomic E-state index is 0.130. The highest BCUT2D eigenvalue weighted by molar-refractivity contribution is 6.10. The summed E-state index contributed by atoms with van der Waals surface area (Å²) in [6.45, 7) is 0.230. The number of nitrogens with zero attached hydrogens (tertiary/aromatic N) is 6. The number of hydrogen-bond acceptors (Lipinski definition) is 6. The van der Waals surface area contributed by atoms with Gasteiger partial charge in [0.25, 0.3) is 5.91 Å². The number of amides is 2. The molecule has 1 spiro atoms.